The molecular formula is C21H20ClN5O. The number of benzene rings is 1. The molecule has 0 saturated carbocycles. The maximum atomic E-state index is 12.5. The van der Waals surface area contributed by atoms with Crippen molar-refractivity contribution in [3.05, 3.63) is 71.5 Å². The van der Waals surface area contributed by atoms with Gasteiger partial charge in [-0.2, -0.15) is 0 Å². The molecule has 0 unspecified atom stereocenters. The van der Waals surface area contributed by atoms with E-state index in [9.17, 15) is 4.79 Å². The zero-order chi connectivity index (χ0) is 19.3. The molecule has 0 bridgehead atoms. The molecule has 4 rings (SSSR count). The smallest absolute Gasteiger partial charge is 0.227 e. The zero-order valence-electron chi connectivity index (χ0n) is 15.3. The number of carbonyl (C=O) groups is 1. The van der Waals surface area contributed by atoms with Crippen LogP contribution in [0.2, 0.25) is 5.02 Å². The Kier molecular flexibility index (Phi) is 5.48. The van der Waals surface area contributed by atoms with Crippen molar-refractivity contribution in [3.8, 4) is 11.3 Å². The third kappa shape index (κ3) is 4.28. The van der Waals surface area contributed by atoms with Crippen molar-refractivity contribution < 1.29 is 4.79 Å². The van der Waals surface area contributed by atoms with Gasteiger partial charge in [-0.3, -0.25) is 9.78 Å². The van der Waals surface area contributed by atoms with Gasteiger partial charge in [0.1, 0.15) is 0 Å². The number of carbonyl (C=O) groups excluding carboxylic acids is 1. The minimum absolute atomic E-state index is 0.140. The van der Waals surface area contributed by atoms with E-state index in [-0.39, 0.29) is 5.91 Å². The summed E-state index contributed by atoms with van der Waals surface area (Å²) >= 11 is 5.90. The van der Waals surface area contributed by atoms with Crippen LogP contribution in [0, 0.1) is 0 Å². The SMILES string of the molecule is O=C(Cc1ccc(Cl)cc1)N1CCN(c2ccc(-c3ccncc3)nn2)CC1. The van der Waals surface area contributed by atoms with Crippen molar-refractivity contribution in [2.75, 3.05) is 31.1 Å². The number of amides is 1. The number of anilines is 1. The summed E-state index contributed by atoms with van der Waals surface area (Å²) in [5, 5.41) is 9.38. The van der Waals surface area contributed by atoms with Gasteiger partial charge in [0.25, 0.3) is 0 Å². The average Bonchev–Trinajstić information content (AvgIpc) is 2.76. The number of halogens is 1. The predicted octanol–water partition coefficient (Wildman–Crippen LogP) is 3.08. The summed E-state index contributed by atoms with van der Waals surface area (Å²) < 4.78 is 0. The van der Waals surface area contributed by atoms with Crippen LogP contribution < -0.4 is 4.90 Å². The fourth-order valence-corrected chi connectivity index (χ4v) is 3.37. The van der Waals surface area contributed by atoms with E-state index in [1.54, 1.807) is 12.4 Å². The number of nitrogens with zero attached hydrogens (tertiary/aromatic N) is 5. The molecule has 0 spiro atoms. The number of piperazine rings is 1. The van der Waals surface area contributed by atoms with E-state index in [2.05, 4.69) is 20.1 Å². The van der Waals surface area contributed by atoms with Gasteiger partial charge in [0.15, 0.2) is 5.82 Å². The lowest BCUT2D eigenvalue weighted by atomic mass is 10.1. The van der Waals surface area contributed by atoms with E-state index < -0.39 is 0 Å². The van der Waals surface area contributed by atoms with E-state index in [1.807, 2.05) is 53.4 Å². The molecule has 3 heterocycles. The highest BCUT2D eigenvalue weighted by Crippen LogP contribution is 2.19. The Hall–Kier alpha value is -2.99. The van der Waals surface area contributed by atoms with Gasteiger partial charge in [-0.25, -0.2) is 0 Å². The van der Waals surface area contributed by atoms with Crippen LogP contribution in [0.25, 0.3) is 11.3 Å². The first-order valence-electron chi connectivity index (χ1n) is 9.20. The number of hydrogen-bond acceptors (Lipinski definition) is 5. The van der Waals surface area contributed by atoms with Crippen molar-refractivity contribution in [1.82, 2.24) is 20.1 Å². The summed E-state index contributed by atoms with van der Waals surface area (Å²) in [6.07, 6.45) is 3.88. The highest BCUT2D eigenvalue weighted by Gasteiger charge is 2.22. The molecule has 3 aromatic rings. The topological polar surface area (TPSA) is 62.2 Å². The summed E-state index contributed by atoms with van der Waals surface area (Å²) in [5.74, 6) is 0.976. The molecular weight excluding hydrogens is 374 g/mol. The summed E-state index contributed by atoms with van der Waals surface area (Å²) in [7, 11) is 0. The zero-order valence-corrected chi connectivity index (χ0v) is 16.1. The van der Waals surface area contributed by atoms with Crippen LogP contribution in [0.15, 0.2) is 60.9 Å². The monoisotopic (exact) mass is 393 g/mol. The molecule has 1 aliphatic heterocycles. The molecule has 1 amide bonds. The summed E-state index contributed by atoms with van der Waals surface area (Å²) in [5.41, 5.74) is 2.80. The second-order valence-electron chi connectivity index (χ2n) is 6.68. The van der Waals surface area contributed by atoms with E-state index in [0.29, 0.717) is 24.5 Å². The molecule has 1 aliphatic rings. The first-order chi connectivity index (χ1) is 13.7. The molecule has 28 heavy (non-hydrogen) atoms. The Bertz CT molecular complexity index is 923. The highest BCUT2D eigenvalue weighted by atomic mass is 35.5. The second-order valence-corrected chi connectivity index (χ2v) is 7.12. The van der Waals surface area contributed by atoms with Gasteiger partial charge in [0, 0.05) is 49.2 Å². The fraction of sp³-hybridized carbons (Fsp3) is 0.238. The molecule has 0 aliphatic carbocycles. The van der Waals surface area contributed by atoms with Crippen LogP contribution in [0.3, 0.4) is 0 Å². The highest BCUT2D eigenvalue weighted by molar-refractivity contribution is 6.30. The maximum absolute atomic E-state index is 12.5. The van der Waals surface area contributed by atoms with Gasteiger partial charge in [-0.15, -0.1) is 10.2 Å². The van der Waals surface area contributed by atoms with Crippen molar-refractivity contribution >= 4 is 23.3 Å². The minimum atomic E-state index is 0.140. The van der Waals surface area contributed by atoms with E-state index in [1.165, 1.54) is 0 Å². The normalized spacial score (nSPS) is 14.2. The van der Waals surface area contributed by atoms with Crippen LogP contribution in [0.1, 0.15) is 5.56 Å². The lowest BCUT2D eigenvalue weighted by molar-refractivity contribution is -0.130. The second kappa shape index (κ2) is 8.35. The molecule has 1 fully saturated rings. The van der Waals surface area contributed by atoms with Crippen molar-refractivity contribution in [3.63, 3.8) is 0 Å². The Morgan fingerprint density at radius 1 is 0.893 bits per heavy atom. The summed E-state index contributed by atoms with van der Waals surface area (Å²) in [6, 6.07) is 15.2. The molecule has 142 valence electrons. The molecule has 1 saturated heterocycles. The van der Waals surface area contributed by atoms with Crippen molar-refractivity contribution in [2.24, 2.45) is 0 Å². The standard InChI is InChI=1S/C21H20ClN5O/c22-18-3-1-16(2-4-18)15-21(28)27-13-11-26(12-14-27)20-6-5-19(24-25-20)17-7-9-23-10-8-17/h1-10H,11-15H2. The Labute approximate surface area is 168 Å². The van der Waals surface area contributed by atoms with Gasteiger partial charge >= 0.3 is 0 Å². The Morgan fingerprint density at radius 2 is 1.61 bits per heavy atom. The van der Waals surface area contributed by atoms with Crippen molar-refractivity contribution in [1.29, 1.82) is 0 Å². The first kappa shape index (κ1) is 18.4. The van der Waals surface area contributed by atoms with Crippen molar-refractivity contribution in [2.45, 2.75) is 6.42 Å². The predicted molar refractivity (Wildman–Crippen MR) is 109 cm³/mol. The molecule has 0 atom stereocenters. The first-order valence-corrected chi connectivity index (χ1v) is 9.58. The van der Waals surface area contributed by atoms with Gasteiger partial charge in [-0.05, 0) is 42.0 Å². The number of pyridine rings is 1. The average molecular weight is 394 g/mol. The number of aromatic nitrogens is 3. The molecule has 6 nitrogen and oxygen atoms in total. The lowest BCUT2D eigenvalue weighted by Crippen LogP contribution is -2.49. The van der Waals surface area contributed by atoms with Crippen LogP contribution in [0.4, 0.5) is 5.82 Å². The Balaban J connectivity index is 1.33. The van der Waals surface area contributed by atoms with E-state index in [4.69, 9.17) is 11.6 Å². The Morgan fingerprint density at radius 3 is 2.25 bits per heavy atom. The van der Waals surface area contributed by atoms with Gasteiger partial charge in [-0.1, -0.05) is 23.7 Å². The molecule has 0 radical (unpaired) electrons. The van der Waals surface area contributed by atoms with E-state index >= 15 is 0 Å². The van der Waals surface area contributed by atoms with Gasteiger partial charge < -0.3 is 9.80 Å². The largest absolute Gasteiger partial charge is 0.352 e. The number of hydrogen-bond donors (Lipinski definition) is 0. The van der Waals surface area contributed by atoms with E-state index in [0.717, 1.165) is 35.7 Å². The summed E-state index contributed by atoms with van der Waals surface area (Å²) in [4.78, 5) is 20.6. The molecule has 1 aromatic carbocycles. The fourth-order valence-electron chi connectivity index (χ4n) is 3.24. The molecule has 0 N–H and O–H groups in total. The van der Waals surface area contributed by atoms with Crippen LogP contribution in [-0.2, 0) is 11.2 Å². The third-order valence-corrected chi connectivity index (χ3v) is 5.10. The van der Waals surface area contributed by atoms with Crippen LogP contribution in [0.5, 0.6) is 0 Å². The lowest BCUT2D eigenvalue weighted by Gasteiger charge is -2.35. The summed E-state index contributed by atoms with van der Waals surface area (Å²) in [6.45, 7) is 2.85. The van der Waals surface area contributed by atoms with Crippen LogP contribution in [-0.4, -0.2) is 52.2 Å². The quantitative estimate of drug-likeness (QED) is 0.681. The third-order valence-electron chi connectivity index (χ3n) is 4.85. The molecule has 2 aromatic heterocycles. The molecule has 7 heteroatoms. The number of rotatable bonds is 4. The van der Waals surface area contributed by atoms with Gasteiger partial charge in [0.05, 0.1) is 12.1 Å². The van der Waals surface area contributed by atoms with Gasteiger partial charge in [0.2, 0.25) is 5.91 Å². The maximum Gasteiger partial charge on any atom is 0.227 e. The van der Waals surface area contributed by atoms with Crippen LogP contribution >= 0.6 is 11.6 Å². The minimum Gasteiger partial charge on any atom is -0.352 e.